The highest BCUT2D eigenvalue weighted by Crippen LogP contribution is 2.29. The lowest BCUT2D eigenvalue weighted by Gasteiger charge is -2.33. The fourth-order valence-corrected chi connectivity index (χ4v) is 5.61. The molecule has 40 heavy (non-hydrogen) atoms. The predicted octanol–water partition coefficient (Wildman–Crippen LogP) is 7.18. The van der Waals surface area contributed by atoms with Crippen molar-refractivity contribution >= 4 is 27.7 Å². The van der Waals surface area contributed by atoms with Crippen molar-refractivity contribution in [3.63, 3.8) is 0 Å². The van der Waals surface area contributed by atoms with Gasteiger partial charge in [-0.1, -0.05) is 81.6 Å². The van der Waals surface area contributed by atoms with Crippen LogP contribution >= 0.6 is 15.9 Å². The Kier molecular flexibility index (Phi) is 10.8. The molecule has 2 amide bonds. The number of hydrogen-bond donors (Lipinski definition) is 1. The van der Waals surface area contributed by atoms with E-state index in [1.807, 2.05) is 48.5 Å². The van der Waals surface area contributed by atoms with Gasteiger partial charge in [0.15, 0.2) is 6.61 Å². The normalized spacial score (nSPS) is 14.5. The summed E-state index contributed by atoms with van der Waals surface area (Å²) >= 11 is 3.57. The van der Waals surface area contributed by atoms with Crippen LogP contribution in [-0.2, 0) is 22.6 Å². The first-order valence-corrected chi connectivity index (χ1v) is 14.9. The maximum Gasteiger partial charge on any atom is 0.261 e. The summed E-state index contributed by atoms with van der Waals surface area (Å²) in [6.45, 7) is 4.16. The number of carbonyl (C=O) groups is 2. The summed E-state index contributed by atoms with van der Waals surface area (Å²) in [6.07, 6.45) is 5.60. The van der Waals surface area contributed by atoms with Crippen LogP contribution in [0.2, 0.25) is 0 Å². The Morgan fingerprint density at radius 3 is 2.33 bits per heavy atom. The zero-order valence-corrected chi connectivity index (χ0v) is 24.8. The number of ether oxygens (including phenoxy) is 1. The van der Waals surface area contributed by atoms with Gasteiger partial charge in [-0.2, -0.15) is 0 Å². The van der Waals surface area contributed by atoms with Gasteiger partial charge >= 0.3 is 0 Å². The number of nitrogens with zero attached hydrogens (tertiary/aromatic N) is 1. The molecule has 0 saturated heterocycles. The number of nitrogens with one attached hydrogen (secondary N) is 1. The third-order valence-corrected chi connectivity index (χ3v) is 8.08. The zero-order valence-electron chi connectivity index (χ0n) is 23.2. The second-order valence-corrected chi connectivity index (χ2v) is 11.7. The van der Waals surface area contributed by atoms with Crippen LogP contribution in [0.15, 0.2) is 77.3 Å². The fraction of sp³-hybridized carbons (Fsp3) is 0.394. The van der Waals surface area contributed by atoms with Crippen LogP contribution in [0, 0.1) is 5.82 Å². The standard InChI is InChI=1S/C33H38BrFN2O3/c1-23(2)26-15-18-31(29(34)20-26)40-22-32(38)37(21-25-13-16-27(35)17-14-25)30(19-24-9-5-3-6-10-24)33(39)36-28-11-7-4-8-12-28/h3,5-6,9-10,13-18,20,23,28,30H,4,7-8,11-12,19,21-22H2,1-2H3,(H,36,39)/t30-/m1/s1. The summed E-state index contributed by atoms with van der Waals surface area (Å²) in [6, 6.07) is 20.9. The molecule has 5 nitrogen and oxygen atoms in total. The van der Waals surface area contributed by atoms with Crippen LogP contribution in [0.3, 0.4) is 0 Å². The van der Waals surface area contributed by atoms with Gasteiger partial charge in [-0.15, -0.1) is 0 Å². The van der Waals surface area contributed by atoms with Gasteiger partial charge in [-0.25, -0.2) is 4.39 Å². The minimum absolute atomic E-state index is 0.106. The number of halogens is 2. The largest absolute Gasteiger partial charge is 0.483 e. The van der Waals surface area contributed by atoms with E-state index >= 15 is 0 Å². The Bertz CT molecular complexity index is 1260. The quantitative estimate of drug-likeness (QED) is 0.251. The first-order chi connectivity index (χ1) is 19.3. The monoisotopic (exact) mass is 608 g/mol. The lowest BCUT2D eigenvalue weighted by molar-refractivity contribution is -0.143. The molecule has 0 radical (unpaired) electrons. The Morgan fingerprint density at radius 1 is 0.975 bits per heavy atom. The SMILES string of the molecule is CC(C)c1ccc(OCC(=O)N(Cc2ccc(F)cc2)[C@H](Cc2ccccc2)C(=O)NC2CCCCC2)c(Br)c1. The van der Waals surface area contributed by atoms with Crippen molar-refractivity contribution in [2.45, 2.75) is 76.9 Å². The highest BCUT2D eigenvalue weighted by molar-refractivity contribution is 9.10. The average Bonchev–Trinajstić information content (AvgIpc) is 2.96. The van der Waals surface area contributed by atoms with Crippen LogP contribution in [0.5, 0.6) is 5.75 Å². The van der Waals surface area contributed by atoms with Gasteiger partial charge < -0.3 is 15.0 Å². The van der Waals surface area contributed by atoms with Gasteiger partial charge in [0.2, 0.25) is 5.91 Å². The van der Waals surface area contributed by atoms with Crippen LogP contribution in [0.1, 0.15) is 68.6 Å². The van der Waals surface area contributed by atoms with Crippen LogP contribution in [-0.4, -0.2) is 35.4 Å². The number of amides is 2. The second kappa shape index (κ2) is 14.4. The lowest BCUT2D eigenvalue weighted by atomic mass is 9.94. The smallest absolute Gasteiger partial charge is 0.261 e. The Labute approximate surface area is 245 Å². The molecule has 1 fully saturated rings. The van der Waals surface area contributed by atoms with Gasteiger partial charge in [-0.3, -0.25) is 9.59 Å². The van der Waals surface area contributed by atoms with E-state index < -0.39 is 6.04 Å². The number of benzene rings is 3. The van der Waals surface area contributed by atoms with Gasteiger partial charge in [0.05, 0.1) is 4.47 Å². The first kappa shape index (κ1) is 29.8. The highest BCUT2D eigenvalue weighted by atomic mass is 79.9. The van der Waals surface area contributed by atoms with Gasteiger partial charge in [0, 0.05) is 19.0 Å². The summed E-state index contributed by atoms with van der Waals surface area (Å²) in [5, 5.41) is 3.23. The van der Waals surface area contributed by atoms with E-state index in [-0.39, 0.29) is 36.8 Å². The van der Waals surface area contributed by atoms with E-state index in [2.05, 4.69) is 35.1 Å². The van der Waals surface area contributed by atoms with Crippen molar-refractivity contribution in [3.05, 3.63) is 99.8 Å². The molecule has 0 aliphatic heterocycles. The molecule has 3 aromatic rings. The number of rotatable bonds is 11. The van der Waals surface area contributed by atoms with Crippen LogP contribution in [0.4, 0.5) is 4.39 Å². The first-order valence-electron chi connectivity index (χ1n) is 14.1. The molecule has 1 saturated carbocycles. The van der Waals surface area contributed by atoms with Crippen molar-refractivity contribution in [2.24, 2.45) is 0 Å². The maximum atomic E-state index is 13.8. The van der Waals surface area contributed by atoms with Gasteiger partial charge in [0.1, 0.15) is 17.6 Å². The topological polar surface area (TPSA) is 58.6 Å². The molecular weight excluding hydrogens is 571 g/mol. The molecule has 212 valence electrons. The minimum atomic E-state index is -0.753. The van der Waals surface area contributed by atoms with Crippen molar-refractivity contribution in [3.8, 4) is 5.75 Å². The lowest BCUT2D eigenvalue weighted by Crippen LogP contribution is -2.53. The molecule has 0 aromatic heterocycles. The highest BCUT2D eigenvalue weighted by Gasteiger charge is 2.32. The number of carbonyl (C=O) groups excluding carboxylic acids is 2. The molecule has 0 spiro atoms. The molecule has 3 aromatic carbocycles. The van der Waals surface area contributed by atoms with E-state index in [0.29, 0.717) is 18.1 Å². The summed E-state index contributed by atoms with van der Waals surface area (Å²) in [5.74, 6) is 0.0819. The van der Waals surface area contributed by atoms with E-state index in [9.17, 15) is 14.0 Å². The number of hydrogen-bond acceptors (Lipinski definition) is 3. The molecule has 1 atom stereocenters. The zero-order chi connectivity index (χ0) is 28.5. The summed E-state index contributed by atoms with van der Waals surface area (Å²) in [5.41, 5.74) is 2.85. The van der Waals surface area contributed by atoms with Crippen molar-refractivity contribution in [1.82, 2.24) is 10.2 Å². The minimum Gasteiger partial charge on any atom is -0.483 e. The Balaban J connectivity index is 1.60. The van der Waals surface area contributed by atoms with Gasteiger partial charge in [0.25, 0.3) is 5.91 Å². The van der Waals surface area contributed by atoms with E-state index in [0.717, 1.165) is 46.8 Å². The van der Waals surface area contributed by atoms with E-state index in [4.69, 9.17) is 4.74 Å². The van der Waals surface area contributed by atoms with Crippen molar-refractivity contribution < 1.29 is 18.7 Å². The molecule has 1 N–H and O–H groups in total. The van der Waals surface area contributed by atoms with Gasteiger partial charge in [-0.05, 0) is 75.6 Å². The molecule has 4 rings (SSSR count). The van der Waals surface area contributed by atoms with Crippen LogP contribution < -0.4 is 10.1 Å². The maximum absolute atomic E-state index is 13.8. The summed E-state index contributed by atoms with van der Waals surface area (Å²) in [7, 11) is 0. The van der Waals surface area contributed by atoms with E-state index in [1.165, 1.54) is 18.6 Å². The molecule has 0 bridgehead atoms. The van der Waals surface area contributed by atoms with Crippen molar-refractivity contribution in [2.75, 3.05) is 6.61 Å². The Morgan fingerprint density at radius 2 is 1.68 bits per heavy atom. The molecule has 1 aliphatic rings. The molecule has 0 heterocycles. The van der Waals surface area contributed by atoms with Crippen molar-refractivity contribution in [1.29, 1.82) is 0 Å². The second-order valence-electron chi connectivity index (χ2n) is 10.8. The summed E-state index contributed by atoms with van der Waals surface area (Å²) in [4.78, 5) is 29.2. The summed E-state index contributed by atoms with van der Waals surface area (Å²) < 4.78 is 20.4. The third-order valence-electron chi connectivity index (χ3n) is 7.46. The van der Waals surface area contributed by atoms with Crippen LogP contribution in [0.25, 0.3) is 0 Å². The van der Waals surface area contributed by atoms with E-state index in [1.54, 1.807) is 17.0 Å². The molecular formula is C33H38BrFN2O3. The third kappa shape index (κ3) is 8.40. The predicted molar refractivity (Wildman–Crippen MR) is 160 cm³/mol. The molecule has 0 unspecified atom stereocenters. The fourth-order valence-electron chi connectivity index (χ4n) is 5.10. The average molecular weight is 610 g/mol. The Hall–Kier alpha value is -3.19. The molecule has 7 heteroatoms. The molecule has 1 aliphatic carbocycles.